The molecular weight excluding hydrogens is 384 g/mol. The molecule has 0 fully saturated rings. The largest absolute Gasteiger partial charge is 0.412 e. The molecule has 12 heteroatoms. The Hall–Kier alpha value is -2.63. The number of urea groups is 1. The number of nitrogen functional groups attached to an aromatic ring is 1. The van der Waals surface area contributed by atoms with Crippen LogP contribution in [0, 0.1) is 0 Å². The van der Waals surface area contributed by atoms with Crippen LogP contribution in [0.4, 0.5) is 22.2 Å². The predicted octanol–water partition coefficient (Wildman–Crippen LogP) is 1.03. The average molecular weight is 403 g/mol. The Morgan fingerprint density at radius 2 is 2.00 bits per heavy atom. The lowest BCUT2D eigenvalue weighted by Crippen LogP contribution is -2.42. The summed E-state index contributed by atoms with van der Waals surface area (Å²) < 4.78 is 26.8. The summed E-state index contributed by atoms with van der Waals surface area (Å²) in [4.78, 5) is 19.0. The van der Waals surface area contributed by atoms with Gasteiger partial charge in [-0.2, -0.15) is 4.98 Å². The van der Waals surface area contributed by atoms with Crippen molar-refractivity contribution in [3.63, 3.8) is 0 Å². The van der Waals surface area contributed by atoms with E-state index in [1.807, 2.05) is 4.72 Å². The van der Waals surface area contributed by atoms with Crippen LogP contribution < -0.4 is 21.1 Å². The Kier molecular flexibility index (Phi) is 7.12. The molecule has 0 aliphatic carbocycles. The van der Waals surface area contributed by atoms with Crippen LogP contribution in [0.3, 0.4) is 0 Å². The van der Waals surface area contributed by atoms with E-state index in [0.717, 1.165) is 6.20 Å². The predicted molar refractivity (Wildman–Crippen MR) is 98.8 cm³/mol. The van der Waals surface area contributed by atoms with Gasteiger partial charge in [0.15, 0.2) is 5.82 Å². The Bertz CT molecular complexity index is 891. The third-order valence-electron chi connectivity index (χ3n) is 2.80. The van der Waals surface area contributed by atoms with Gasteiger partial charge >= 0.3 is 6.03 Å². The molecule has 0 bridgehead atoms. The van der Waals surface area contributed by atoms with Gasteiger partial charge in [-0.1, -0.05) is 17.7 Å². The Balaban J connectivity index is 0.00000338. The molecule has 0 saturated heterocycles. The highest BCUT2D eigenvalue weighted by Gasteiger charge is 2.24. The molecule has 2 amide bonds. The fraction of sp³-hybridized carbons (Fsp3) is 0.214. The molecule has 1 aromatic heterocycles. The van der Waals surface area contributed by atoms with Gasteiger partial charge in [0.1, 0.15) is 4.90 Å². The molecule has 0 saturated carbocycles. The van der Waals surface area contributed by atoms with Gasteiger partial charge in [-0.15, -0.1) is 0 Å². The number of nitrogens with one attached hydrogen (secondary N) is 3. The minimum atomic E-state index is -4.22. The first-order valence-electron chi connectivity index (χ1n) is 7.16. The van der Waals surface area contributed by atoms with E-state index in [4.69, 9.17) is 17.3 Å². The van der Waals surface area contributed by atoms with Crippen molar-refractivity contribution < 1.29 is 18.7 Å². The van der Waals surface area contributed by atoms with Crippen LogP contribution >= 0.6 is 11.6 Å². The van der Waals surface area contributed by atoms with Crippen LogP contribution in [0.2, 0.25) is 5.02 Å². The standard InChI is InChI=1S/C14H17ClN6O3S.H2O/c1-8(2)18-14(22)21-25(23,24)11-7-17-13(16)20-12(11)19-10-5-3-4-9(15)6-10;/h3-8H,1-2H3,(H2,18,21,22)(H3,16,17,19,20);1H2. The van der Waals surface area contributed by atoms with Crippen molar-refractivity contribution in [3.05, 3.63) is 35.5 Å². The second-order valence-electron chi connectivity index (χ2n) is 5.31. The molecule has 7 N–H and O–H groups in total. The van der Waals surface area contributed by atoms with Crippen molar-refractivity contribution in [1.82, 2.24) is 20.0 Å². The molecule has 1 heterocycles. The van der Waals surface area contributed by atoms with Crippen molar-refractivity contribution in [3.8, 4) is 0 Å². The molecule has 2 rings (SSSR count). The SMILES string of the molecule is CC(C)NC(=O)NS(=O)(=O)c1cnc(N)nc1Nc1cccc(Cl)c1.O. The Morgan fingerprint density at radius 1 is 1.31 bits per heavy atom. The Labute approximate surface area is 155 Å². The zero-order valence-electron chi connectivity index (χ0n) is 13.9. The van der Waals surface area contributed by atoms with Gasteiger partial charge in [0, 0.05) is 16.8 Å². The number of hydrogen-bond acceptors (Lipinski definition) is 7. The zero-order valence-corrected chi connectivity index (χ0v) is 15.5. The fourth-order valence-electron chi connectivity index (χ4n) is 1.84. The average Bonchev–Trinajstić information content (AvgIpc) is 2.45. The molecule has 0 atom stereocenters. The molecule has 0 unspecified atom stereocenters. The number of benzene rings is 1. The minimum Gasteiger partial charge on any atom is -0.412 e. The van der Waals surface area contributed by atoms with Gasteiger partial charge in [0.2, 0.25) is 5.95 Å². The molecule has 0 aliphatic rings. The number of hydrogen-bond donors (Lipinski definition) is 4. The maximum atomic E-state index is 12.5. The summed E-state index contributed by atoms with van der Waals surface area (Å²) in [6.07, 6.45) is 1.01. The number of halogens is 1. The first-order chi connectivity index (χ1) is 11.7. The number of amides is 2. The summed E-state index contributed by atoms with van der Waals surface area (Å²) in [7, 11) is -4.22. The van der Waals surface area contributed by atoms with Crippen molar-refractivity contribution in [2.75, 3.05) is 11.1 Å². The second-order valence-corrected chi connectivity index (χ2v) is 7.40. The van der Waals surface area contributed by atoms with Crippen molar-refractivity contribution in [2.45, 2.75) is 24.8 Å². The molecule has 26 heavy (non-hydrogen) atoms. The van der Waals surface area contributed by atoms with E-state index in [0.29, 0.717) is 10.7 Å². The van der Waals surface area contributed by atoms with Gasteiger partial charge in [-0.05, 0) is 32.0 Å². The molecule has 2 aromatic rings. The molecule has 10 nitrogen and oxygen atoms in total. The number of carbonyl (C=O) groups excluding carboxylic acids is 1. The molecule has 0 spiro atoms. The number of anilines is 3. The number of nitrogens with two attached hydrogens (primary N) is 1. The van der Waals surface area contributed by atoms with Crippen molar-refractivity contribution in [1.29, 1.82) is 0 Å². The lowest BCUT2D eigenvalue weighted by Gasteiger charge is -2.14. The van der Waals surface area contributed by atoms with Crippen LogP contribution in [0.5, 0.6) is 0 Å². The summed E-state index contributed by atoms with van der Waals surface area (Å²) in [5.74, 6) is -0.213. The smallest absolute Gasteiger partial charge is 0.328 e. The van der Waals surface area contributed by atoms with E-state index in [9.17, 15) is 13.2 Å². The highest BCUT2D eigenvalue weighted by atomic mass is 35.5. The summed E-state index contributed by atoms with van der Waals surface area (Å²) >= 11 is 5.91. The van der Waals surface area contributed by atoms with Crippen LogP contribution in [-0.4, -0.2) is 35.9 Å². The van der Waals surface area contributed by atoms with Gasteiger partial charge in [0.25, 0.3) is 10.0 Å². The lowest BCUT2D eigenvalue weighted by atomic mass is 10.3. The Morgan fingerprint density at radius 3 is 2.62 bits per heavy atom. The van der Waals surface area contributed by atoms with Gasteiger partial charge in [-0.3, -0.25) is 0 Å². The lowest BCUT2D eigenvalue weighted by molar-refractivity contribution is 0.243. The van der Waals surface area contributed by atoms with E-state index in [1.54, 1.807) is 38.1 Å². The maximum Gasteiger partial charge on any atom is 0.328 e. The van der Waals surface area contributed by atoms with E-state index >= 15 is 0 Å². The summed E-state index contributed by atoms with van der Waals surface area (Å²) in [5.41, 5.74) is 6.03. The monoisotopic (exact) mass is 402 g/mol. The summed E-state index contributed by atoms with van der Waals surface area (Å²) in [5, 5.41) is 5.68. The highest BCUT2D eigenvalue weighted by molar-refractivity contribution is 7.90. The quantitative estimate of drug-likeness (QED) is 0.578. The molecule has 0 radical (unpaired) electrons. The van der Waals surface area contributed by atoms with Crippen molar-refractivity contribution in [2.24, 2.45) is 0 Å². The van der Waals surface area contributed by atoms with Crippen molar-refractivity contribution >= 4 is 45.1 Å². The number of sulfonamides is 1. The van der Waals surface area contributed by atoms with Crippen LogP contribution in [0.1, 0.15) is 13.8 Å². The summed E-state index contributed by atoms with van der Waals surface area (Å²) in [6.45, 7) is 3.40. The molecule has 1 aromatic carbocycles. The summed E-state index contributed by atoms with van der Waals surface area (Å²) in [6, 6.07) is 5.49. The number of nitrogens with zero attached hydrogens (tertiary/aromatic N) is 2. The van der Waals surface area contributed by atoms with Gasteiger partial charge in [-0.25, -0.2) is 22.9 Å². The van der Waals surface area contributed by atoms with E-state index < -0.39 is 16.1 Å². The highest BCUT2D eigenvalue weighted by Crippen LogP contribution is 2.24. The number of rotatable bonds is 5. The maximum absolute atomic E-state index is 12.5. The first kappa shape index (κ1) is 21.4. The van der Waals surface area contributed by atoms with Gasteiger partial charge in [0.05, 0.1) is 6.20 Å². The zero-order chi connectivity index (χ0) is 18.6. The third kappa shape index (κ3) is 5.72. The normalized spacial score (nSPS) is 10.8. The number of aromatic nitrogens is 2. The van der Waals surface area contributed by atoms with Crippen LogP contribution in [-0.2, 0) is 10.0 Å². The third-order valence-corrected chi connectivity index (χ3v) is 4.36. The molecule has 0 aliphatic heterocycles. The molecule has 142 valence electrons. The topological polar surface area (TPSA) is 171 Å². The van der Waals surface area contributed by atoms with E-state index in [-0.39, 0.29) is 28.2 Å². The first-order valence-corrected chi connectivity index (χ1v) is 9.02. The van der Waals surface area contributed by atoms with Gasteiger partial charge < -0.3 is 21.8 Å². The fourth-order valence-corrected chi connectivity index (χ4v) is 2.99. The van der Waals surface area contributed by atoms with Crippen LogP contribution in [0.25, 0.3) is 0 Å². The molecular formula is C14H19ClN6O4S. The van der Waals surface area contributed by atoms with Crippen LogP contribution in [0.15, 0.2) is 35.4 Å². The number of carbonyl (C=O) groups is 1. The second kappa shape index (κ2) is 8.65. The van der Waals surface area contributed by atoms with E-state index in [2.05, 4.69) is 20.6 Å². The van der Waals surface area contributed by atoms with E-state index in [1.165, 1.54) is 0 Å². The minimum absolute atomic E-state index is 0.